The number of nitrogens with zero attached hydrogens (tertiary/aromatic N) is 6. The van der Waals surface area contributed by atoms with Gasteiger partial charge < -0.3 is 14.1 Å². The summed E-state index contributed by atoms with van der Waals surface area (Å²) in [7, 11) is 4.38. The third-order valence-electron chi connectivity index (χ3n) is 4.93. The number of rotatable bonds is 5. The van der Waals surface area contributed by atoms with E-state index in [0.29, 0.717) is 5.76 Å². The van der Waals surface area contributed by atoms with Crippen LogP contribution in [0, 0.1) is 0 Å². The maximum Gasteiger partial charge on any atom is 0.332 e. The van der Waals surface area contributed by atoms with E-state index in [1.165, 1.54) is 29.5 Å². The molecule has 4 aromatic heterocycles. The summed E-state index contributed by atoms with van der Waals surface area (Å²) >= 11 is 0. The smallest absolute Gasteiger partial charge is 0.332 e. The molecule has 0 aromatic carbocycles. The molecule has 4 heterocycles. The fourth-order valence-corrected chi connectivity index (χ4v) is 3.17. The molecule has 14 nitrogen and oxygen atoms in total. The summed E-state index contributed by atoms with van der Waals surface area (Å²) in [5, 5.41) is 14.3. The Morgan fingerprint density at radius 1 is 1.19 bits per heavy atom. The van der Waals surface area contributed by atoms with Crippen LogP contribution in [-0.4, -0.2) is 39.6 Å². The van der Waals surface area contributed by atoms with Crippen LogP contribution in [0.1, 0.15) is 11.3 Å². The highest BCUT2D eigenvalue weighted by atomic mass is 16.3. The lowest BCUT2D eigenvalue weighted by Crippen LogP contribution is -2.37. The maximum absolute atomic E-state index is 12.4. The van der Waals surface area contributed by atoms with Crippen LogP contribution in [0.2, 0.25) is 0 Å². The maximum atomic E-state index is 12.4. The van der Waals surface area contributed by atoms with E-state index in [2.05, 4.69) is 20.5 Å². The number of aromatic hydroxyl groups is 1. The molecule has 4 rings (SSSR count). The van der Waals surface area contributed by atoms with Crippen LogP contribution >= 0.6 is 0 Å². The van der Waals surface area contributed by atoms with E-state index in [-0.39, 0.29) is 29.2 Å². The van der Waals surface area contributed by atoms with E-state index in [1.807, 2.05) is 0 Å². The zero-order valence-electron chi connectivity index (χ0n) is 17.2. The Bertz CT molecular complexity index is 1600. The minimum Gasteiger partial charge on any atom is -0.494 e. The molecule has 32 heavy (non-hydrogen) atoms. The summed E-state index contributed by atoms with van der Waals surface area (Å²) in [4.78, 5) is 55.0. The average Bonchev–Trinajstić information content (AvgIpc) is 3.38. The molecule has 0 saturated heterocycles. The number of nitrogens with one attached hydrogen (secondary N) is 2. The van der Waals surface area contributed by atoms with Gasteiger partial charge in [0.05, 0.1) is 19.0 Å². The van der Waals surface area contributed by atoms with Crippen molar-refractivity contribution in [2.24, 2.45) is 26.2 Å². The number of aromatic amines is 1. The van der Waals surface area contributed by atoms with Gasteiger partial charge in [0.2, 0.25) is 11.8 Å². The SMILES string of the molecule is Cn1c(=O)c2c(nc(NN=Cc3c(O)n(Cc4ccco4)c(=O)[nH]c3=O)n2C)n(C)c1=O. The molecule has 0 fully saturated rings. The molecule has 0 aliphatic rings. The molecule has 14 heteroatoms. The highest BCUT2D eigenvalue weighted by Crippen LogP contribution is 2.14. The van der Waals surface area contributed by atoms with E-state index in [1.54, 1.807) is 19.2 Å². The summed E-state index contributed by atoms with van der Waals surface area (Å²) in [6, 6.07) is 3.23. The molecule has 0 radical (unpaired) electrons. The van der Waals surface area contributed by atoms with Crippen molar-refractivity contribution in [3.8, 4) is 5.88 Å². The van der Waals surface area contributed by atoms with Gasteiger partial charge in [-0.2, -0.15) is 10.1 Å². The topological polar surface area (TPSA) is 174 Å². The quantitative estimate of drug-likeness (QED) is 0.250. The third kappa shape index (κ3) is 3.23. The molecule has 4 aromatic rings. The van der Waals surface area contributed by atoms with Crippen LogP contribution in [0.15, 0.2) is 47.1 Å². The highest BCUT2D eigenvalue weighted by molar-refractivity contribution is 5.82. The number of hydrogen-bond donors (Lipinski definition) is 3. The van der Waals surface area contributed by atoms with Crippen LogP contribution in [0.25, 0.3) is 11.2 Å². The van der Waals surface area contributed by atoms with Crippen LogP contribution in [0.5, 0.6) is 5.88 Å². The molecular formula is C18H18N8O6. The molecule has 0 aliphatic carbocycles. The number of anilines is 1. The Hall–Kier alpha value is -4.62. The van der Waals surface area contributed by atoms with Crippen LogP contribution in [0.4, 0.5) is 5.95 Å². The number of furan rings is 1. The third-order valence-corrected chi connectivity index (χ3v) is 4.93. The van der Waals surface area contributed by atoms with Gasteiger partial charge in [-0.25, -0.2) is 15.0 Å². The monoisotopic (exact) mass is 442 g/mol. The van der Waals surface area contributed by atoms with Gasteiger partial charge in [0, 0.05) is 21.1 Å². The fourth-order valence-electron chi connectivity index (χ4n) is 3.17. The Balaban J connectivity index is 1.71. The Morgan fingerprint density at radius 2 is 1.94 bits per heavy atom. The minimum absolute atomic E-state index is 0.106. The molecule has 0 atom stereocenters. The number of fused-ring (bicyclic) bond motifs is 1. The Kier molecular flexibility index (Phi) is 4.88. The molecule has 166 valence electrons. The first kappa shape index (κ1) is 20.6. The standard InChI is InChI=1S/C18H18N8O6/c1-23-11-12(24(2)18(31)25(3)15(11)29)20-16(23)22-19-7-10-13(27)21-17(30)26(14(10)28)8-9-5-4-6-32-9/h4-7,28H,8H2,1-3H3,(H,20,22)(H,21,27,30). The van der Waals surface area contributed by atoms with Gasteiger partial charge in [0.15, 0.2) is 11.2 Å². The zero-order chi connectivity index (χ0) is 23.2. The van der Waals surface area contributed by atoms with Gasteiger partial charge in [-0.05, 0) is 12.1 Å². The van der Waals surface area contributed by atoms with Gasteiger partial charge in [0.25, 0.3) is 11.1 Å². The van der Waals surface area contributed by atoms with Crippen molar-refractivity contribution in [3.05, 3.63) is 71.4 Å². The number of aromatic nitrogens is 6. The molecule has 3 N–H and O–H groups in total. The second-order valence-electron chi connectivity index (χ2n) is 6.90. The summed E-state index contributed by atoms with van der Waals surface area (Å²) in [5.41, 5.74) is -0.149. The minimum atomic E-state index is -0.852. The number of H-pyrrole nitrogens is 1. The van der Waals surface area contributed by atoms with Crippen molar-refractivity contribution in [2.45, 2.75) is 6.54 Å². The predicted octanol–water partition coefficient (Wildman–Crippen LogP) is -1.39. The van der Waals surface area contributed by atoms with Crippen LogP contribution in [-0.2, 0) is 27.7 Å². The van der Waals surface area contributed by atoms with Crippen molar-refractivity contribution in [1.82, 2.24) is 28.2 Å². The number of aryl methyl sites for hydroxylation is 2. The molecule has 0 aliphatic heterocycles. The molecule has 0 amide bonds. The van der Waals surface area contributed by atoms with Gasteiger partial charge in [0.1, 0.15) is 11.3 Å². The van der Waals surface area contributed by atoms with Gasteiger partial charge in [-0.3, -0.25) is 28.3 Å². The van der Waals surface area contributed by atoms with Crippen molar-refractivity contribution >= 4 is 23.3 Å². The lowest BCUT2D eigenvalue weighted by atomic mass is 10.3. The number of imidazole rings is 1. The number of hydrogen-bond acceptors (Lipinski definition) is 9. The fraction of sp³-hybridized carbons (Fsp3) is 0.222. The van der Waals surface area contributed by atoms with Gasteiger partial charge in [-0.15, -0.1) is 0 Å². The van der Waals surface area contributed by atoms with Crippen LogP contribution < -0.4 is 27.9 Å². The van der Waals surface area contributed by atoms with Crippen molar-refractivity contribution in [3.63, 3.8) is 0 Å². The van der Waals surface area contributed by atoms with Gasteiger partial charge in [-0.1, -0.05) is 0 Å². The van der Waals surface area contributed by atoms with Gasteiger partial charge >= 0.3 is 11.4 Å². The first-order valence-corrected chi connectivity index (χ1v) is 9.20. The largest absolute Gasteiger partial charge is 0.494 e. The molecule has 0 bridgehead atoms. The number of hydrazone groups is 1. The van der Waals surface area contributed by atoms with Crippen LogP contribution in [0.3, 0.4) is 0 Å². The lowest BCUT2D eigenvalue weighted by Gasteiger charge is -2.07. The molecule has 0 unspecified atom stereocenters. The second-order valence-corrected chi connectivity index (χ2v) is 6.90. The second kappa shape index (κ2) is 7.57. The van der Waals surface area contributed by atoms with Crippen molar-refractivity contribution in [2.75, 3.05) is 5.43 Å². The van der Waals surface area contributed by atoms with E-state index < -0.39 is 28.4 Å². The summed E-state index contributed by atoms with van der Waals surface area (Å²) < 4.78 is 9.65. The molecule has 0 spiro atoms. The molecular weight excluding hydrogens is 424 g/mol. The van der Waals surface area contributed by atoms with E-state index in [9.17, 15) is 24.3 Å². The zero-order valence-corrected chi connectivity index (χ0v) is 17.2. The van der Waals surface area contributed by atoms with E-state index in [4.69, 9.17) is 4.42 Å². The first-order valence-electron chi connectivity index (χ1n) is 9.20. The summed E-state index contributed by atoms with van der Waals surface area (Å²) in [6.07, 6.45) is 2.41. The van der Waals surface area contributed by atoms with E-state index >= 15 is 0 Å². The average molecular weight is 442 g/mol. The normalized spacial score (nSPS) is 11.6. The Morgan fingerprint density at radius 3 is 2.62 bits per heavy atom. The summed E-state index contributed by atoms with van der Waals surface area (Å²) in [6.45, 7) is -0.106. The molecule has 0 saturated carbocycles. The van der Waals surface area contributed by atoms with Crippen molar-refractivity contribution in [1.29, 1.82) is 0 Å². The lowest BCUT2D eigenvalue weighted by molar-refractivity contribution is 0.392. The van der Waals surface area contributed by atoms with E-state index in [0.717, 1.165) is 15.3 Å². The first-order chi connectivity index (χ1) is 15.2. The predicted molar refractivity (Wildman–Crippen MR) is 113 cm³/mol. The Labute approximate surface area is 177 Å². The van der Waals surface area contributed by atoms with Crippen molar-refractivity contribution < 1.29 is 9.52 Å². The highest BCUT2D eigenvalue weighted by Gasteiger charge is 2.17. The summed E-state index contributed by atoms with van der Waals surface area (Å²) in [5.74, 6) is -0.112.